The number of aromatic nitrogens is 4. The highest BCUT2D eigenvalue weighted by atomic mass is 16.2. The van der Waals surface area contributed by atoms with Crippen LogP contribution in [0.15, 0.2) is 24.5 Å². The number of hydrogen-bond donors (Lipinski definition) is 0. The van der Waals surface area contributed by atoms with Gasteiger partial charge in [-0.2, -0.15) is 0 Å². The SMILES string of the molecule is CN(C)Cc1nnc(C2CCN(C(=O)c3cccnc3)CC2)n1C1CC1. The predicted octanol–water partition coefficient (Wildman–Crippen LogP) is 2.09. The van der Waals surface area contributed by atoms with Crippen molar-refractivity contribution in [2.45, 2.75) is 44.2 Å². The van der Waals surface area contributed by atoms with E-state index in [2.05, 4.69) is 38.7 Å². The van der Waals surface area contributed by atoms with Crippen LogP contribution in [-0.4, -0.2) is 62.6 Å². The largest absolute Gasteiger partial charge is 0.339 e. The molecule has 1 amide bonds. The van der Waals surface area contributed by atoms with Gasteiger partial charge in [-0.25, -0.2) is 0 Å². The van der Waals surface area contributed by atoms with E-state index >= 15 is 0 Å². The highest BCUT2D eigenvalue weighted by Crippen LogP contribution is 2.40. The maximum atomic E-state index is 12.6. The number of pyridine rings is 1. The number of piperidine rings is 1. The van der Waals surface area contributed by atoms with Gasteiger partial charge in [-0.05, 0) is 51.9 Å². The maximum absolute atomic E-state index is 12.6. The monoisotopic (exact) mass is 354 g/mol. The van der Waals surface area contributed by atoms with Gasteiger partial charge in [-0.3, -0.25) is 9.78 Å². The number of nitrogens with zero attached hydrogens (tertiary/aromatic N) is 6. The van der Waals surface area contributed by atoms with E-state index in [0.717, 1.165) is 44.1 Å². The summed E-state index contributed by atoms with van der Waals surface area (Å²) in [6, 6.07) is 4.22. The topological polar surface area (TPSA) is 67.2 Å². The molecule has 7 nitrogen and oxygen atoms in total. The third-order valence-electron chi connectivity index (χ3n) is 5.22. The van der Waals surface area contributed by atoms with Crippen molar-refractivity contribution in [2.75, 3.05) is 27.2 Å². The van der Waals surface area contributed by atoms with E-state index in [9.17, 15) is 4.79 Å². The van der Waals surface area contributed by atoms with Gasteiger partial charge < -0.3 is 14.4 Å². The van der Waals surface area contributed by atoms with Crippen molar-refractivity contribution >= 4 is 5.91 Å². The molecule has 138 valence electrons. The minimum absolute atomic E-state index is 0.0773. The first kappa shape index (κ1) is 17.1. The molecule has 0 radical (unpaired) electrons. The molecule has 0 bridgehead atoms. The summed E-state index contributed by atoms with van der Waals surface area (Å²) in [6.07, 6.45) is 7.68. The standard InChI is InChI=1S/C19H26N6O/c1-23(2)13-17-21-22-18(25(17)16-5-6-16)14-7-10-24(11-8-14)19(26)15-4-3-9-20-12-15/h3-4,9,12,14,16H,5-8,10-11,13H2,1-2H3. The van der Waals surface area contributed by atoms with Gasteiger partial charge >= 0.3 is 0 Å². The second-order valence-corrected chi connectivity index (χ2v) is 7.62. The summed E-state index contributed by atoms with van der Waals surface area (Å²) in [5, 5.41) is 9.03. The van der Waals surface area contributed by atoms with Crippen molar-refractivity contribution in [3.63, 3.8) is 0 Å². The molecule has 2 aromatic heterocycles. The number of carbonyl (C=O) groups is 1. The molecule has 1 aliphatic carbocycles. The second-order valence-electron chi connectivity index (χ2n) is 7.62. The van der Waals surface area contributed by atoms with Crippen molar-refractivity contribution < 1.29 is 4.79 Å². The smallest absolute Gasteiger partial charge is 0.255 e. The summed E-state index contributed by atoms with van der Waals surface area (Å²) in [4.78, 5) is 20.7. The van der Waals surface area contributed by atoms with Crippen LogP contribution in [0.2, 0.25) is 0 Å². The van der Waals surface area contributed by atoms with Crippen molar-refractivity contribution in [1.82, 2.24) is 29.5 Å². The van der Waals surface area contributed by atoms with Crippen LogP contribution >= 0.6 is 0 Å². The minimum Gasteiger partial charge on any atom is -0.339 e. The van der Waals surface area contributed by atoms with Gasteiger partial charge in [0, 0.05) is 37.4 Å². The van der Waals surface area contributed by atoms with Crippen LogP contribution in [0.3, 0.4) is 0 Å². The number of likely N-dealkylation sites (tertiary alicyclic amines) is 1. The van der Waals surface area contributed by atoms with Gasteiger partial charge in [-0.1, -0.05) is 0 Å². The molecule has 2 aliphatic rings. The predicted molar refractivity (Wildman–Crippen MR) is 97.8 cm³/mol. The zero-order valence-corrected chi connectivity index (χ0v) is 15.5. The fourth-order valence-corrected chi connectivity index (χ4v) is 3.75. The van der Waals surface area contributed by atoms with Crippen LogP contribution in [0.4, 0.5) is 0 Å². The van der Waals surface area contributed by atoms with Crippen LogP contribution in [-0.2, 0) is 6.54 Å². The van der Waals surface area contributed by atoms with E-state index < -0.39 is 0 Å². The molecule has 0 N–H and O–H groups in total. The Morgan fingerprint density at radius 1 is 1.19 bits per heavy atom. The van der Waals surface area contributed by atoms with Gasteiger partial charge in [0.2, 0.25) is 0 Å². The first-order valence-electron chi connectivity index (χ1n) is 9.41. The molecule has 2 aromatic rings. The van der Waals surface area contributed by atoms with Crippen molar-refractivity contribution in [1.29, 1.82) is 0 Å². The van der Waals surface area contributed by atoms with Crippen LogP contribution < -0.4 is 0 Å². The quantitative estimate of drug-likeness (QED) is 0.822. The maximum Gasteiger partial charge on any atom is 0.255 e. The summed E-state index contributed by atoms with van der Waals surface area (Å²) in [5.41, 5.74) is 0.667. The average Bonchev–Trinajstić information content (AvgIpc) is 3.42. The van der Waals surface area contributed by atoms with E-state index in [-0.39, 0.29) is 5.91 Å². The van der Waals surface area contributed by atoms with Crippen molar-refractivity contribution in [2.24, 2.45) is 0 Å². The first-order chi connectivity index (χ1) is 12.6. The summed E-state index contributed by atoms with van der Waals surface area (Å²) >= 11 is 0. The third-order valence-corrected chi connectivity index (χ3v) is 5.22. The van der Waals surface area contributed by atoms with Crippen LogP contribution in [0, 0.1) is 0 Å². The normalized spacial score (nSPS) is 18.5. The van der Waals surface area contributed by atoms with Gasteiger partial charge in [0.1, 0.15) is 11.6 Å². The fourth-order valence-electron chi connectivity index (χ4n) is 3.75. The molecule has 26 heavy (non-hydrogen) atoms. The van der Waals surface area contributed by atoms with Gasteiger partial charge in [0.25, 0.3) is 5.91 Å². The Labute approximate surface area is 154 Å². The van der Waals surface area contributed by atoms with E-state index in [1.54, 1.807) is 12.4 Å². The van der Waals surface area contributed by atoms with E-state index in [0.29, 0.717) is 17.5 Å². The summed E-state index contributed by atoms with van der Waals surface area (Å²) in [7, 11) is 4.13. The van der Waals surface area contributed by atoms with E-state index in [1.165, 1.54) is 12.8 Å². The molecule has 0 spiro atoms. The van der Waals surface area contributed by atoms with Gasteiger partial charge in [0.15, 0.2) is 0 Å². The summed E-state index contributed by atoms with van der Waals surface area (Å²) in [6.45, 7) is 2.35. The lowest BCUT2D eigenvalue weighted by atomic mass is 9.95. The Bertz CT molecular complexity index is 760. The zero-order chi connectivity index (χ0) is 18.1. The average molecular weight is 354 g/mol. The summed E-state index contributed by atoms with van der Waals surface area (Å²) in [5.74, 6) is 2.66. The third kappa shape index (κ3) is 3.49. The molecule has 0 aromatic carbocycles. The Hall–Kier alpha value is -2.28. The van der Waals surface area contributed by atoms with E-state index in [1.807, 2.05) is 17.0 Å². The lowest BCUT2D eigenvalue weighted by molar-refractivity contribution is 0.0709. The van der Waals surface area contributed by atoms with Crippen LogP contribution in [0.1, 0.15) is 59.6 Å². The molecule has 1 saturated heterocycles. The molecular formula is C19H26N6O. The molecule has 3 heterocycles. The number of carbonyl (C=O) groups excluding carboxylic acids is 1. The number of rotatable bonds is 5. The summed E-state index contributed by atoms with van der Waals surface area (Å²) < 4.78 is 2.38. The first-order valence-corrected chi connectivity index (χ1v) is 9.41. The molecule has 7 heteroatoms. The highest BCUT2D eigenvalue weighted by Gasteiger charge is 2.34. The van der Waals surface area contributed by atoms with Gasteiger partial charge in [0.05, 0.1) is 12.1 Å². The zero-order valence-electron chi connectivity index (χ0n) is 15.5. The molecule has 4 rings (SSSR count). The van der Waals surface area contributed by atoms with Crippen LogP contribution in [0.5, 0.6) is 0 Å². The molecule has 0 atom stereocenters. The van der Waals surface area contributed by atoms with Crippen molar-refractivity contribution in [3.8, 4) is 0 Å². The molecule has 0 unspecified atom stereocenters. The lowest BCUT2D eigenvalue weighted by Gasteiger charge is -2.32. The highest BCUT2D eigenvalue weighted by molar-refractivity contribution is 5.93. The molecule has 2 fully saturated rings. The molecular weight excluding hydrogens is 328 g/mol. The van der Waals surface area contributed by atoms with Gasteiger partial charge in [-0.15, -0.1) is 10.2 Å². The van der Waals surface area contributed by atoms with E-state index in [4.69, 9.17) is 0 Å². The Morgan fingerprint density at radius 2 is 1.96 bits per heavy atom. The lowest BCUT2D eigenvalue weighted by Crippen LogP contribution is -2.38. The Balaban J connectivity index is 1.45. The second kappa shape index (κ2) is 7.15. The minimum atomic E-state index is 0.0773. The molecule has 1 saturated carbocycles. The number of amides is 1. The van der Waals surface area contributed by atoms with Crippen LogP contribution in [0.25, 0.3) is 0 Å². The Kier molecular flexibility index (Phi) is 4.72. The molecule has 1 aliphatic heterocycles. The van der Waals surface area contributed by atoms with Crippen molar-refractivity contribution in [3.05, 3.63) is 41.7 Å². The fraction of sp³-hybridized carbons (Fsp3) is 0.579. The number of hydrogen-bond acceptors (Lipinski definition) is 5. The Morgan fingerprint density at radius 3 is 2.58 bits per heavy atom.